The van der Waals surface area contributed by atoms with E-state index in [0.29, 0.717) is 12.5 Å². The van der Waals surface area contributed by atoms with E-state index in [1.807, 2.05) is 0 Å². The van der Waals surface area contributed by atoms with Gasteiger partial charge in [0.15, 0.2) is 0 Å². The predicted octanol–water partition coefficient (Wildman–Crippen LogP) is -0.457. The molecule has 0 spiro atoms. The zero-order chi connectivity index (χ0) is 13.1. The number of sulfonamides is 1. The molecule has 108 valence electrons. The van der Waals surface area contributed by atoms with Gasteiger partial charge < -0.3 is 11.1 Å². The molecule has 1 rings (SSSR count). The zero-order valence-corrected chi connectivity index (χ0v) is 12.4. The van der Waals surface area contributed by atoms with Gasteiger partial charge in [-0.1, -0.05) is 0 Å². The molecule has 0 aromatic heterocycles. The number of nitrogens with zero attached hydrogens (tertiary/aromatic N) is 1. The summed E-state index contributed by atoms with van der Waals surface area (Å²) in [6.07, 6.45) is 2.25. The Morgan fingerprint density at radius 1 is 1.50 bits per heavy atom. The monoisotopic (exact) mass is 299 g/mol. The van der Waals surface area contributed by atoms with Crippen molar-refractivity contribution in [1.29, 1.82) is 0 Å². The number of likely N-dealkylation sites (N-methyl/N-ethyl adjacent to an activating group) is 1. The smallest absolute Gasteiger partial charge is 0.235 e. The van der Waals surface area contributed by atoms with Crippen LogP contribution in [0.25, 0.3) is 0 Å². The van der Waals surface area contributed by atoms with E-state index in [-0.39, 0.29) is 36.7 Å². The van der Waals surface area contributed by atoms with Crippen LogP contribution in [-0.4, -0.2) is 50.6 Å². The first kappa shape index (κ1) is 17.6. The number of amides is 1. The van der Waals surface area contributed by atoms with E-state index < -0.39 is 10.0 Å². The third-order valence-corrected chi connectivity index (χ3v) is 4.78. The summed E-state index contributed by atoms with van der Waals surface area (Å²) in [6, 6.07) is -0.00737. The number of hydrogen-bond acceptors (Lipinski definition) is 4. The van der Waals surface area contributed by atoms with Gasteiger partial charge in [-0.2, -0.15) is 4.31 Å². The molecule has 6 nitrogen and oxygen atoms in total. The molecule has 0 aliphatic heterocycles. The fourth-order valence-electron chi connectivity index (χ4n) is 1.50. The standard InChI is InChI=1S/C10H21N3O3S.ClH/c1-3-17(15,16)13(2)7-10(14)12-6-9(11)8-4-5-8;/h8-9H,3-7,11H2,1-2H3,(H,12,14);1H. The first-order chi connectivity index (χ1) is 7.86. The van der Waals surface area contributed by atoms with Crippen molar-refractivity contribution >= 4 is 28.3 Å². The number of hydrogen-bond donors (Lipinski definition) is 2. The quantitative estimate of drug-likeness (QED) is 0.665. The Morgan fingerprint density at radius 2 is 2.06 bits per heavy atom. The van der Waals surface area contributed by atoms with Gasteiger partial charge in [-0.05, 0) is 25.7 Å². The van der Waals surface area contributed by atoms with Crippen LogP contribution >= 0.6 is 12.4 Å². The van der Waals surface area contributed by atoms with Crippen molar-refractivity contribution in [1.82, 2.24) is 9.62 Å². The molecule has 1 atom stereocenters. The number of rotatable bonds is 7. The van der Waals surface area contributed by atoms with Crippen molar-refractivity contribution in [3.63, 3.8) is 0 Å². The van der Waals surface area contributed by atoms with Crippen molar-refractivity contribution in [3.8, 4) is 0 Å². The number of halogens is 1. The second-order valence-electron chi connectivity index (χ2n) is 4.46. The molecule has 0 saturated heterocycles. The highest BCUT2D eigenvalue weighted by Gasteiger charge is 2.28. The van der Waals surface area contributed by atoms with Crippen molar-refractivity contribution in [2.45, 2.75) is 25.8 Å². The summed E-state index contributed by atoms with van der Waals surface area (Å²) in [6.45, 7) is 1.82. The summed E-state index contributed by atoms with van der Waals surface area (Å²) >= 11 is 0. The first-order valence-corrected chi connectivity index (χ1v) is 7.44. The molecule has 0 heterocycles. The van der Waals surface area contributed by atoms with Gasteiger partial charge in [0.25, 0.3) is 0 Å². The highest BCUT2D eigenvalue weighted by atomic mass is 35.5. The summed E-state index contributed by atoms with van der Waals surface area (Å²) in [7, 11) is -1.89. The van der Waals surface area contributed by atoms with Crippen LogP contribution in [0.15, 0.2) is 0 Å². The van der Waals surface area contributed by atoms with E-state index in [4.69, 9.17) is 5.73 Å². The van der Waals surface area contributed by atoms with Crippen molar-refractivity contribution in [3.05, 3.63) is 0 Å². The summed E-state index contributed by atoms with van der Waals surface area (Å²) < 4.78 is 23.9. The van der Waals surface area contributed by atoms with Crippen molar-refractivity contribution < 1.29 is 13.2 Å². The molecule has 0 aromatic carbocycles. The van der Waals surface area contributed by atoms with Crippen LogP contribution < -0.4 is 11.1 Å². The Labute approximate surface area is 115 Å². The number of nitrogens with one attached hydrogen (secondary N) is 1. The van der Waals surface area contributed by atoms with Gasteiger partial charge in [-0.3, -0.25) is 4.79 Å². The minimum Gasteiger partial charge on any atom is -0.353 e. The Kier molecular flexibility index (Phi) is 7.13. The molecule has 1 fully saturated rings. The van der Waals surface area contributed by atoms with Gasteiger partial charge in [0.05, 0.1) is 12.3 Å². The van der Waals surface area contributed by atoms with Gasteiger partial charge in [0.2, 0.25) is 15.9 Å². The van der Waals surface area contributed by atoms with E-state index >= 15 is 0 Å². The van der Waals surface area contributed by atoms with E-state index in [9.17, 15) is 13.2 Å². The van der Waals surface area contributed by atoms with Crippen molar-refractivity contribution in [2.24, 2.45) is 11.7 Å². The van der Waals surface area contributed by atoms with Gasteiger partial charge in [0.1, 0.15) is 0 Å². The fourth-order valence-corrected chi connectivity index (χ4v) is 2.25. The van der Waals surface area contributed by atoms with Gasteiger partial charge in [-0.15, -0.1) is 12.4 Å². The molecule has 8 heteroatoms. The van der Waals surface area contributed by atoms with Crippen LogP contribution in [0.4, 0.5) is 0 Å². The molecule has 1 aliphatic carbocycles. The number of carbonyl (C=O) groups excluding carboxylic acids is 1. The Hall–Kier alpha value is -0.370. The predicted molar refractivity (Wildman–Crippen MR) is 73.0 cm³/mol. The average Bonchev–Trinajstić information content (AvgIpc) is 3.09. The second-order valence-corrected chi connectivity index (χ2v) is 6.83. The van der Waals surface area contributed by atoms with E-state index in [1.54, 1.807) is 6.92 Å². The normalized spacial score (nSPS) is 17.1. The molecule has 1 unspecified atom stereocenters. The van der Waals surface area contributed by atoms with Crippen LogP contribution in [0.5, 0.6) is 0 Å². The van der Waals surface area contributed by atoms with Gasteiger partial charge in [0, 0.05) is 19.6 Å². The summed E-state index contributed by atoms with van der Waals surface area (Å²) in [5.41, 5.74) is 5.82. The van der Waals surface area contributed by atoms with E-state index in [2.05, 4.69) is 5.32 Å². The Morgan fingerprint density at radius 3 is 2.50 bits per heavy atom. The molecular weight excluding hydrogens is 278 g/mol. The van der Waals surface area contributed by atoms with E-state index in [0.717, 1.165) is 17.1 Å². The summed E-state index contributed by atoms with van der Waals surface area (Å²) in [4.78, 5) is 11.5. The van der Waals surface area contributed by atoms with Crippen LogP contribution in [0, 0.1) is 5.92 Å². The average molecular weight is 300 g/mol. The lowest BCUT2D eigenvalue weighted by Gasteiger charge is -2.17. The zero-order valence-electron chi connectivity index (χ0n) is 10.8. The van der Waals surface area contributed by atoms with Crippen molar-refractivity contribution in [2.75, 3.05) is 25.9 Å². The minimum absolute atomic E-state index is 0. The molecule has 1 aliphatic rings. The minimum atomic E-state index is -3.29. The molecule has 0 bridgehead atoms. The SMILES string of the molecule is CCS(=O)(=O)N(C)CC(=O)NCC(N)C1CC1.Cl. The second kappa shape index (κ2) is 7.28. The van der Waals surface area contributed by atoms with Gasteiger partial charge in [-0.25, -0.2) is 8.42 Å². The third-order valence-electron chi connectivity index (χ3n) is 2.97. The molecule has 0 radical (unpaired) electrons. The summed E-state index contributed by atoms with van der Waals surface area (Å²) in [5.74, 6) is 0.214. The van der Waals surface area contributed by atoms with Crippen LogP contribution in [0.1, 0.15) is 19.8 Å². The largest absolute Gasteiger partial charge is 0.353 e. The van der Waals surface area contributed by atoms with Gasteiger partial charge >= 0.3 is 0 Å². The number of nitrogens with two attached hydrogens (primary N) is 1. The highest BCUT2D eigenvalue weighted by molar-refractivity contribution is 7.89. The molecule has 3 N–H and O–H groups in total. The Balaban J connectivity index is 0.00000289. The van der Waals surface area contributed by atoms with Crippen LogP contribution in [0.2, 0.25) is 0 Å². The molecular formula is C10H22ClN3O3S. The lowest BCUT2D eigenvalue weighted by atomic mass is 10.2. The maximum atomic E-state index is 11.5. The van der Waals surface area contributed by atoms with Crippen LogP contribution in [-0.2, 0) is 14.8 Å². The maximum absolute atomic E-state index is 11.5. The summed E-state index contributed by atoms with van der Waals surface area (Å²) in [5, 5.41) is 2.66. The number of carbonyl (C=O) groups is 1. The first-order valence-electron chi connectivity index (χ1n) is 5.83. The lowest BCUT2D eigenvalue weighted by molar-refractivity contribution is -0.121. The topological polar surface area (TPSA) is 92.5 Å². The molecule has 1 saturated carbocycles. The highest BCUT2D eigenvalue weighted by Crippen LogP contribution is 2.31. The molecule has 0 aromatic rings. The van der Waals surface area contributed by atoms with E-state index in [1.165, 1.54) is 7.05 Å². The molecule has 1 amide bonds. The fraction of sp³-hybridized carbons (Fsp3) is 0.900. The third kappa shape index (κ3) is 5.51. The Bertz CT molecular complexity index is 371. The molecule has 18 heavy (non-hydrogen) atoms. The maximum Gasteiger partial charge on any atom is 0.235 e. The lowest BCUT2D eigenvalue weighted by Crippen LogP contribution is -2.43. The van der Waals surface area contributed by atoms with Crippen LogP contribution in [0.3, 0.4) is 0 Å².